The van der Waals surface area contributed by atoms with Crippen LogP contribution in [-0.4, -0.2) is 31.8 Å². The first-order valence-corrected chi connectivity index (χ1v) is 7.53. The van der Waals surface area contributed by atoms with Crippen molar-refractivity contribution in [2.75, 3.05) is 16.6 Å². The molecule has 0 unspecified atom stereocenters. The van der Waals surface area contributed by atoms with Crippen LogP contribution in [0.4, 0.5) is 5.69 Å². The second kappa shape index (κ2) is 5.05. The molecule has 0 amide bonds. The fourth-order valence-electron chi connectivity index (χ4n) is 2.09. The van der Waals surface area contributed by atoms with E-state index in [0.717, 1.165) is 17.2 Å². The second-order valence-corrected chi connectivity index (χ2v) is 6.47. The summed E-state index contributed by atoms with van der Waals surface area (Å²) in [5.41, 5.74) is 2.25. The average Bonchev–Trinajstić information content (AvgIpc) is 2.67. The molecule has 19 heavy (non-hydrogen) atoms. The third-order valence-corrected chi connectivity index (χ3v) is 4.92. The molecule has 6 heteroatoms. The lowest BCUT2D eigenvalue weighted by molar-refractivity contribution is -0.131. The lowest BCUT2D eigenvalue weighted by Gasteiger charge is -2.17. The molecule has 0 aromatic heterocycles. The first kappa shape index (κ1) is 13.6. The van der Waals surface area contributed by atoms with Crippen LogP contribution >= 0.6 is 0 Å². The molecule has 102 valence electrons. The molecule has 1 aliphatic rings. The molecule has 0 saturated carbocycles. The third kappa shape index (κ3) is 2.96. The standard InChI is InChI=1S/C13H15NO4S/c1-10-9-12(14-7-2-8-19(14,17)18)5-3-11(10)4-6-13(15)16/h3-6,9H,2,7-8H2,1H3,(H,15,16). The molecule has 0 atom stereocenters. The Bertz CT molecular complexity index is 634. The van der Waals surface area contributed by atoms with E-state index >= 15 is 0 Å². The SMILES string of the molecule is Cc1cc(N2CCCS2(=O)=O)ccc1C=CC(=O)O. The summed E-state index contributed by atoms with van der Waals surface area (Å²) >= 11 is 0. The molecule has 0 spiro atoms. The number of hydrogen-bond donors (Lipinski definition) is 1. The highest BCUT2D eigenvalue weighted by Gasteiger charge is 2.28. The number of aliphatic carboxylic acids is 1. The van der Waals surface area contributed by atoms with Crippen LogP contribution in [0.3, 0.4) is 0 Å². The number of nitrogens with zero attached hydrogens (tertiary/aromatic N) is 1. The van der Waals surface area contributed by atoms with Gasteiger partial charge in [-0.2, -0.15) is 0 Å². The number of aryl methyl sites for hydroxylation is 1. The van der Waals surface area contributed by atoms with E-state index in [1.54, 1.807) is 18.2 Å². The van der Waals surface area contributed by atoms with Gasteiger partial charge in [0.15, 0.2) is 0 Å². The van der Waals surface area contributed by atoms with Crippen LogP contribution in [0, 0.1) is 6.92 Å². The van der Waals surface area contributed by atoms with Gasteiger partial charge < -0.3 is 5.11 Å². The lowest BCUT2D eigenvalue weighted by atomic mass is 10.1. The number of hydrogen-bond acceptors (Lipinski definition) is 3. The Hall–Kier alpha value is -1.82. The minimum absolute atomic E-state index is 0.187. The number of carboxylic acid groups (broad SMARTS) is 1. The maximum absolute atomic E-state index is 11.8. The molecule has 0 radical (unpaired) electrons. The van der Waals surface area contributed by atoms with Crippen LogP contribution in [0.15, 0.2) is 24.3 Å². The van der Waals surface area contributed by atoms with Gasteiger partial charge in [0.05, 0.1) is 11.4 Å². The Morgan fingerprint density at radius 1 is 1.42 bits per heavy atom. The molecular formula is C13H15NO4S. The highest BCUT2D eigenvalue weighted by Crippen LogP contribution is 2.26. The summed E-state index contributed by atoms with van der Waals surface area (Å²) in [6.45, 7) is 2.33. The van der Waals surface area contributed by atoms with Crippen LogP contribution in [0.1, 0.15) is 17.5 Å². The van der Waals surface area contributed by atoms with E-state index in [9.17, 15) is 13.2 Å². The molecule has 1 aliphatic heterocycles. The Kier molecular flexibility index (Phi) is 3.61. The Morgan fingerprint density at radius 3 is 2.68 bits per heavy atom. The Labute approximate surface area is 112 Å². The predicted octanol–water partition coefficient (Wildman–Crippen LogP) is 1.63. The van der Waals surface area contributed by atoms with Crippen LogP contribution in [0.25, 0.3) is 6.08 Å². The van der Waals surface area contributed by atoms with Crippen LogP contribution < -0.4 is 4.31 Å². The maximum Gasteiger partial charge on any atom is 0.328 e. The molecule has 0 aliphatic carbocycles. The van der Waals surface area contributed by atoms with Crippen molar-refractivity contribution in [2.24, 2.45) is 0 Å². The van der Waals surface area contributed by atoms with Gasteiger partial charge >= 0.3 is 5.97 Å². The van der Waals surface area contributed by atoms with Crippen molar-refractivity contribution in [1.29, 1.82) is 0 Å². The van der Waals surface area contributed by atoms with Gasteiger partial charge in [0.2, 0.25) is 10.0 Å². The second-order valence-electron chi connectivity index (χ2n) is 4.45. The van der Waals surface area contributed by atoms with E-state index in [2.05, 4.69) is 0 Å². The van der Waals surface area contributed by atoms with Gasteiger partial charge in [-0.05, 0) is 42.7 Å². The fraction of sp³-hybridized carbons (Fsp3) is 0.308. The minimum atomic E-state index is -3.17. The number of rotatable bonds is 3. The number of anilines is 1. The van der Waals surface area contributed by atoms with Gasteiger partial charge in [0.25, 0.3) is 0 Å². The highest BCUT2D eigenvalue weighted by molar-refractivity contribution is 7.93. The quantitative estimate of drug-likeness (QED) is 0.855. The Balaban J connectivity index is 2.32. The smallest absolute Gasteiger partial charge is 0.328 e. The van der Waals surface area contributed by atoms with E-state index in [1.165, 1.54) is 10.4 Å². The summed E-state index contributed by atoms with van der Waals surface area (Å²) in [6, 6.07) is 5.21. The van der Waals surface area contributed by atoms with Gasteiger partial charge in [-0.25, -0.2) is 13.2 Å². The first-order valence-electron chi connectivity index (χ1n) is 5.92. The molecule has 1 saturated heterocycles. The van der Waals surface area contributed by atoms with Crippen molar-refractivity contribution in [3.8, 4) is 0 Å². The summed E-state index contributed by atoms with van der Waals surface area (Å²) in [7, 11) is -3.17. The minimum Gasteiger partial charge on any atom is -0.478 e. The van der Waals surface area contributed by atoms with Gasteiger partial charge in [0, 0.05) is 12.6 Å². The van der Waals surface area contributed by atoms with Crippen molar-refractivity contribution < 1.29 is 18.3 Å². The van der Waals surface area contributed by atoms with Crippen molar-refractivity contribution >= 4 is 27.8 Å². The molecule has 1 heterocycles. The summed E-state index contributed by atoms with van der Waals surface area (Å²) in [5.74, 6) is -0.821. The van der Waals surface area contributed by atoms with Crippen LogP contribution in [0.5, 0.6) is 0 Å². The zero-order valence-electron chi connectivity index (χ0n) is 10.5. The van der Waals surface area contributed by atoms with Gasteiger partial charge in [-0.1, -0.05) is 6.07 Å². The number of benzene rings is 1. The highest BCUT2D eigenvalue weighted by atomic mass is 32.2. The number of carbonyl (C=O) groups is 1. The molecule has 1 fully saturated rings. The van der Waals surface area contributed by atoms with E-state index < -0.39 is 16.0 Å². The molecule has 1 aromatic carbocycles. The molecule has 0 bridgehead atoms. The van der Waals surface area contributed by atoms with E-state index in [1.807, 2.05) is 6.92 Å². The fourth-order valence-corrected chi connectivity index (χ4v) is 3.65. The van der Waals surface area contributed by atoms with Crippen LogP contribution in [-0.2, 0) is 14.8 Å². The van der Waals surface area contributed by atoms with Crippen LogP contribution in [0.2, 0.25) is 0 Å². The van der Waals surface area contributed by atoms with Gasteiger partial charge in [0.1, 0.15) is 0 Å². The molecule has 1 N–H and O–H groups in total. The van der Waals surface area contributed by atoms with Gasteiger partial charge in [-0.3, -0.25) is 4.31 Å². The number of carboxylic acids is 1. The molecular weight excluding hydrogens is 266 g/mol. The number of sulfonamides is 1. The lowest BCUT2D eigenvalue weighted by Crippen LogP contribution is -2.25. The zero-order valence-corrected chi connectivity index (χ0v) is 11.4. The normalized spacial score (nSPS) is 18.1. The Morgan fingerprint density at radius 2 is 2.16 bits per heavy atom. The average molecular weight is 281 g/mol. The summed E-state index contributed by atoms with van der Waals surface area (Å²) in [5, 5.41) is 8.59. The zero-order chi connectivity index (χ0) is 14.0. The largest absolute Gasteiger partial charge is 0.478 e. The first-order chi connectivity index (χ1) is 8.90. The summed E-state index contributed by atoms with van der Waals surface area (Å²) < 4.78 is 25.0. The van der Waals surface area contributed by atoms with Crippen molar-refractivity contribution in [1.82, 2.24) is 0 Å². The molecule has 2 rings (SSSR count). The van der Waals surface area contributed by atoms with E-state index in [4.69, 9.17) is 5.11 Å². The van der Waals surface area contributed by atoms with E-state index in [-0.39, 0.29) is 5.75 Å². The summed E-state index contributed by atoms with van der Waals surface area (Å²) in [6.07, 6.45) is 3.20. The molecule has 5 nitrogen and oxygen atoms in total. The molecule has 1 aromatic rings. The monoisotopic (exact) mass is 281 g/mol. The van der Waals surface area contributed by atoms with Crippen molar-refractivity contribution in [3.63, 3.8) is 0 Å². The topological polar surface area (TPSA) is 74.7 Å². The predicted molar refractivity (Wildman–Crippen MR) is 73.6 cm³/mol. The van der Waals surface area contributed by atoms with Crippen molar-refractivity contribution in [2.45, 2.75) is 13.3 Å². The van der Waals surface area contributed by atoms with Crippen molar-refractivity contribution in [3.05, 3.63) is 35.4 Å². The maximum atomic E-state index is 11.8. The van der Waals surface area contributed by atoms with Gasteiger partial charge in [-0.15, -0.1) is 0 Å². The third-order valence-electron chi connectivity index (χ3n) is 3.05. The van der Waals surface area contributed by atoms with E-state index in [0.29, 0.717) is 18.7 Å². The summed E-state index contributed by atoms with van der Waals surface area (Å²) in [4.78, 5) is 10.5.